The highest BCUT2D eigenvalue weighted by Crippen LogP contribution is 2.44. The first-order valence-corrected chi connectivity index (χ1v) is 8.08. The predicted molar refractivity (Wildman–Crippen MR) is 73.7 cm³/mol. The van der Waals surface area contributed by atoms with Crippen LogP contribution in [0.3, 0.4) is 0 Å². The molecule has 3 rings (SSSR count). The second-order valence-electron chi connectivity index (χ2n) is 3.91. The molecule has 0 saturated carbocycles. The Bertz CT molecular complexity index is 572. The molecule has 100 valence electrons. The lowest BCUT2D eigenvalue weighted by molar-refractivity contribution is -0.147. The SMILES string of the molecule is N[C@@H]1C(=O)N2C(C(=O)O)=C(Sc3nccs3)CS[C@H]12. The summed E-state index contributed by atoms with van der Waals surface area (Å²) in [6.45, 7) is 0. The Morgan fingerprint density at radius 1 is 1.63 bits per heavy atom. The highest BCUT2D eigenvalue weighted by Gasteiger charge is 2.51. The van der Waals surface area contributed by atoms with Crippen molar-refractivity contribution < 1.29 is 14.7 Å². The number of aliphatic carboxylic acids is 1. The van der Waals surface area contributed by atoms with Crippen LogP contribution in [-0.2, 0) is 9.59 Å². The molecule has 9 heteroatoms. The zero-order valence-corrected chi connectivity index (χ0v) is 11.9. The minimum Gasteiger partial charge on any atom is -0.477 e. The summed E-state index contributed by atoms with van der Waals surface area (Å²) in [4.78, 5) is 29.2. The molecule has 1 amide bonds. The molecule has 2 aliphatic rings. The maximum atomic E-state index is 11.7. The maximum Gasteiger partial charge on any atom is 0.353 e. The van der Waals surface area contributed by atoms with Gasteiger partial charge < -0.3 is 10.8 Å². The van der Waals surface area contributed by atoms with E-state index in [0.29, 0.717) is 10.7 Å². The molecule has 2 aliphatic heterocycles. The lowest BCUT2D eigenvalue weighted by Crippen LogP contribution is -2.68. The van der Waals surface area contributed by atoms with E-state index in [2.05, 4.69) is 4.98 Å². The first kappa shape index (κ1) is 13.0. The van der Waals surface area contributed by atoms with Crippen LogP contribution in [0.25, 0.3) is 0 Å². The third-order valence-electron chi connectivity index (χ3n) is 2.80. The number of nitrogens with zero attached hydrogens (tertiary/aromatic N) is 2. The van der Waals surface area contributed by atoms with Gasteiger partial charge in [-0.15, -0.1) is 23.1 Å². The van der Waals surface area contributed by atoms with E-state index in [0.717, 1.165) is 4.34 Å². The zero-order valence-electron chi connectivity index (χ0n) is 9.48. The fourth-order valence-electron chi connectivity index (χ4n) is 1.93. The second kappa shape index (κ2) is 4.82. The third-order valence-corrected chi connectivity index (χ3v) is 6.25. The Morgan fingerprint density at radius 2 is 2.42 bits per heavy atom. The summed E-state index contributed by atoms with van der Waals surface area (Å²) >= 11 is 4.23. The first-order valence-electron chi connectivity index (χ1n) is 5.33. The molecular weight excluding hydrogens is 306 g/mol. The molecule has 0 spiro atoms. The van der Waals surface area contributed by atoms with Crippen molar-refractivity contribution in [1.82, 2.24) is 9.88 Å². The average Bonchev–Trinajstić information content (AvgIpc) is 2.89. The molecule has 1 saturated heterocycles. The fraction of sp³-hybridized carbons (Fsp3) is 0.300. The largest absolute Gasteiger partial charge is 0.477 e. The smallest absolute Gasteiger partial charge is 0.353 e. The fourth-order valence-corrected chi connectivity index (χ4v) is 5.14. The number of nitrogens with two attached hydrogens (primary N) is 1. The number of carbonyl (C=O) groups excluding carboxylic acids is 1. The number of β-lactam (4-membered cyclic amide) rings is 1. The molecule has 3 N–H and O–H groups in total. The number of rotatable bonds is 3. The summed E-state index contributed by atoms with van der Waals surface area (Å²) in [6.07, 6.45) is 1.66. The van der Waals surface area contributed by atoms with Crippen molar-refractivity contribution in [1.29, 1.82) is 0 Å². The molecule has 1 aromatic rings. The van der Waals surface area contributed by atoms with E-state index < -0.39 is 12.0 Å². The Kier molecular flexibility index (Phi) is 3.29. The van der Waals surface area contributed by atoms with Crippen LogP contribution >= 0.6 is 34.9 Å². The molecule has 0 aromatic carbocycles. The minimum absolute atomic E-state index is 0.0515. The van der Waals surface area contributed by atoms with E-state index in [1.54, 1.807) is 6.20 Å². The summed E-state index contributed by atoms with van der Waals surface area (Å²) in [7, 11) is 0. The lowest BCUT2D eigenvalue weighted by Gasteiger charge is -2.47. The zero-order chi connectivity index (χ0) is 13.6. The molecular formula is C10H9N3O3S3. The monoisotopic (exact) mass is 315 g/mol. The second-order valence-corrected chi connectivity index (χ2v) is 7.25. The van der Waals surface area contributed by atoms with Crippen LogP contribution in [0.1, 0.15) is 0 Å². The van der Waals surface area contributed by atoms with Crippen LogP contribution in [0, 0.1) is 0 Å². The summed E-state index contributed by atoms with van der Waals surface area (Å²) in [5.74, 6) is -0.884. The van der Waals surface area contributed by atoms with Gasteiger partial charge in [-0.05, 0) is 0 Å². The van der Waals surface area contributed by atoms with Crippen molar-refractivity contribution >= 4 is 46.7 Å². The van der Waals surface area contributed by atoms with Crippen LogP contribution in [0.5, 0.6) is 0 Å². The molecule has 0 bridgehead atoms. The molecule has 0 aliphatic carbocycles. The quantitative estimate of drug-likeness (QED) is 0.795. The molecule has 0 unspecified atom stereocenters. The third kappa shape index (κ3) is 2.06. The van der Waals surface area contributed by atoms with Gasteiger partial charge in [-0.25, -0.2) is 9.78 Å². The topological polar surface area (TPSA) is 96.5 Å². The van der Waals surface area contributed by atoms with Crippen LogP contribution in [0.2, 0.25) is 0 Å². The average molecular weight is 315 g/mol. The van der Waals surface area contributed by atoms with Crippen LogP contribution < -0.4 is 5.73 Å². The number of hydrogen-bond donors (Lipinski definition) is 2. The highest BCUT2D eigenvalue weighted by atomic mass is 32.2. The van der Waals surface area contributed by atoms with Gasteiger partial charge in [0.1, 0.15) is 17.1 Å². The van der Waals surface area contributed by atoms with Gasteiger partial charge >= 0.3 is 5.97 Å². The Balaban J connectivity index is 1.95. The molecule has 1 fully saturated rings. The number of thiazole rings is 1. The molecule has 2 atom stereocenters. The van der Waals surface area contributed by atoms with E-state index in [1.807, 2.05) is 5.38 Å². The van der Waals surface area contributed by atoms with Crippen molar-refractivity contribution in [3.8, 4) is 0 Å². The standard InChI is InChI=1S/C10H9N3O3S3/c11-5-7(14)13-6(9(15)16)4(3-18-8(5)13)19-10-12-1-2-17-10/h1-2,5,8H,3,11H2,(H,15,16)/t5-,8-/m1/s1. The van der Waals surface area contributed by atoms with Gasteiger partial charge in [0.05, 0.1) is 0 Å². The normalized spacial score (nSPS) is 26.2. The van der Waals surface area contributed by atoms with E-state index >= 15 is 0 Å². The van der Waals surface area contributed by atoms with Crippen LogP contribution in [-0.4, -0.2) is 44.0 Å². The maximum absolute atomic E-state index is 11.7. The molecule has 0 radical (unpaired) electrons. The van der Waals surface area contributed by atoms with E-state index in [9.17, 15) is 14.7 Å². The Labute approximate surface area is 121 Å². The number of carbonyl (C=O) groups is 2. The summed E-state index contributed by atoms with van der Waals surface area (Å²) in [6, 6.07) is -0.592. The molecule has 1 aromatic heterocycles. The predicted octanol–water partition coefficient (Wildman–Crippen LogP) is 0.774. The van der Waals surface area contributed by atoms with E-state index in [4.69, 9.17) is 5.73 Å². The van der Waals surface area contributed by atoms with Crippen molar-refractivity contribution in [3.63, 3.8) is 0 Å². The van der Waals surface area contributed by atoms with Crippen molar-refractivity contribution in [2.45, 2.75) is 15.8 Å². The molecule has 6 nitrogen and oxygen atoms in total. The van der Waals surface area contributed by atoms with Gasteiger partial charge in [0.25, 0.3) is 0 Å². The highest BCUT2D eigenvalue weighted by molar-refractivity contribution is 8.07. The summed E-state index contributed by atoms with van der Waals surface area (Å²) in [5, 5.41) is 10.9. The van der Waals surface area contributed by atoms with Gasteiger partial charge in [-0.1, -0.05) is 11.8 Å². The summed E-state index contributed by atoms with van der Waals surface area (Å²) < 4.78 is 0.769. The molecule has 19 heavy (non-hydrogen) atoms. The summed E-state index contributed by atoms with van der Waals surface area (Å²) in [5.41, 5.74) is 5.73. The Hall–Kier alpha value is -1.03. The van der Waals surface area contributed by atoms with Crippen molar-refractivity contribution in [2.24, 2.45) is 5.73 Å². The van der Waals surface area contributed by atoms with Gasteiger partial charge in [0.2, 0.25) is 5.91 Å². The van der Waals surface area contributed by atoms with Crippen molar-refractivity contribution in [3.05, 3.63) is 22.2 Å². The van der Waals surface area contributed by atoms with Crippen LogP contribution in [0.4, 0.5) is 0 Å². The minimum atomic E-state index is -1.09. The number of aromatic nitrogens is 1. The van der Waals surface area contributed by atoms with Gasteiger partial charge in [0, 0.05) is 22.2 Å². The lowest BCUT2D eigenvalue weighted by atomic mass is 10.1. The molecule has 3 heterocycles. The van der Waals surface area contributed by atoms with Gasteiger partial charge in [0.15, 0.2) is 4.34 Å². The van der Waals surface area contributed by atoms with Gasteiger partial charge in [-0.2, -0.15) is 0 Å². The van der Waals surface area contributed by atoms with Crippen LogP contribution in [0.15, 0.2) is 26.5 Å². The number of carboxylic acids is 1. The van der Waals surface area contributed by atoms with E-state index in [-0.39, 0.29) is 17.0 Å². The first-order chi connectivity index (χ1) is 9.09. The number of fused-ring (bicyclic) bond motifs is 1. The van der Waals surface area contributed by atoms with Gasteiger partial charge in [-0.3, -0.25) is 9.69 Å². The number of hydrogen-bond acceptors (Lipinski definition) is 7. The number of amides is 1. The number of thioether (sulfide) groups is 2. The van der Waals surface area contributed by atoms with E-state index in [1.165, 1.54) is 39.8 Å². The van der Waals surface area contributed by atoms with Crippen molar-refractivity contribution in [2.75, 3.05) is 5.75 Å². The Morgan fingerprint density at radius 3 is 3.05 bits per heavy atom. The number of carboxylic acid groups (broad SMARTS) is 1.